The standard InChI is InChI=1S/C26H23NO4/c1-30-26-18-25(31-19-22-9-5-6-16-27-22)15-12-21(26)11-14-24(29)17-23(28)13-10-20-7-3-2-4-8-20/h2-16,18H,17,19H2,1H3. The number of ether oxygens (including phenoxy) is 2. The lowest BCUT2D eigenvalue weighted by Crippen LogP contribution is -2.02. The Morgan fingerprint density at radius 3 is 2.35 bits per heavy atom. The molecular formula is C26H23NO4. The number of hydrogen-bond acceptors (Lipinski definition) is 5. The number of aromatic nitrogens is 1. The van der Waals surface area contributed by atoms with Crippen LogP contribution in [0.4, 0.5) is 0 Å². The smallest absolute Gasteiger partial charge is 0.163 e. The predicted molar refractivity (Wildman–Crippen MR) is 121 cm³/mol. The van der Waals surface area contributed by atoms with E-state index in [1.807, 2.05) is 48.5 Å². The summed E-state index contributed by atoms with van der Waals surface area (Å²) in [4.78, 5) is 28.4. The van der Waals surface area contributed by atoms with E-state index in [0.717, 1.165) is 11.3 Å². The molecule has 3 aromatic rings. The van der Waals surface area contributed by atoms with Gasteiger partial charge in [-0.25, -0.2) is 0 Å². The Hall–Kier alpha value is -3.99. The molecule has 0 atom stereocenters. The molecule has 5 heteroatoms. The van der Waals surface area contributed by atoms with Gasteiger partial charge in [0, 0.05) is 17.8 Å². The second-order valence-corrected chi connectivity index (χ2v) is 6.70. The SMILES string of the molecule is COc1cc(OCc2ccccn2)ccc1C=CC(=O)CC(=O)C=Cc1ccccc1. The first-order valence-electron chi connectivity index (χ1n) is 9.81. The fourth-order valence-corrected chi connectivity index (χ4v) is 2.79. The van der Waals surface area contributed by atoms with Gasteiger partial charge < -0.3 is 9.47 Å². The van der Waals surface area contributed by atoms with Crippen molar-refractivity contribution in [2.24, 2.45) is 0 Å². The molecule has 5 nitrogen and oxygen atoms in total. The highest BCUT2D eigenvalue weighted by molar-refractivity contribution is 6.10. The summed E-state index contributed by atoms with van der Waals surface area (Å²) in [5.41, 5.74) is 2.45. The first-order valence-corrected chi connectivity index (χ1v) is 9.81. The molecule has 0 aliphatic carbocycles. The van der Waals surface area contributed by atoms with E-state index >= 15 is 0 Å². The van der Waals surface area contributed by atoms with Crippen LogP contribution in [-0.2, 0) is 16.2 Å². The average molecular weight is 413 g/mol. The number of carbonyl (C=O) groups excluding carboxylic acids is 2. The van der Waals surface area contributed by atoms with Gasteiger partial charge in [-0.1, -0.05) is 42.5 Å². The molecular weight excluding hydrogens is 390 g/mol. The van der Waals surface area contributed by atoms with E-state index in [2.05, 4.69) is 4.98 Å². The number of benzene rings is 2. The van der Waals surface area contributed by atoms with Gasteiger partial charge in [0.25, 0.3) is 0 Å². The molecule has 0 aliphatic heterocycles. The van der Waals surface area contributed by atoms with E-state index in [0.29, 0.717) is 23.7 Å². The maximum atomic E-state index is 12.2. The third-order valence-electron chi connectivity index (χ3n) is 4.38. The van der Waals surface area contributed by atoms with Crippen molar-refractivity contribution in [3.63, 3.8) is 0 Å². The molecule has 0 aliphatic rings. The molecule has 0 saturated carbocycles. The Bertz CT molecular complexity index is 1070. The molecule has 0 N–H and O–H groups in total. The summed E-state index contributed by atoms with van der Waals surface area (Å²) >= 11 is 0. The zero-order valence-corrected chi connectivity index (χ0v) is 17.2. The number of methoxy groups -OCH3 is 1. The van der Waals surface area contributed by atoms with Crippen molar-refractivity contribution < 1.29 is 19.1 Å². The maximum absolute atomic E-state index is 12.2. The third-order valence-corrected chi connectivity index (χ3v) is 4.38. The van der Waals surface area contributed by atoms with Crippen LogP contribution in [0.5, 0.6) is 11.5 Å². The van der Waals surface area contributed by atoms with Gasteiger partial charge >= 0.3 is 0 Å². The normalized spacial score (nSPS) is 11.0. The summed E-state index contributed by atoms with van der Waals surface area (Å²) in [6.45, 7) is 0.344. The minimum atomic E-state index is -0.278. The summed E-state index contributed by atoms with van der Waals surface area (Å²) in [6, 6.07) is 20.4. The molecule has 2 aromatic carbocycles. The van der Waals surface area contributed by atoms with Crippen molar-refractivity contribution in [1.82, 2.24) is 4.98 Å². The topological polar surface area (TPSA) is 65.5 Å². The summed E-state index contributed by atoms with van der Waals surface area (Å²) in [5.74, 6) is 0.675. The van der Waals surface area contributed by atoms with Crippen LogP contribution < -0.4 is 9.47 Å². The third kappa shape index (κ3) is 7.08. The number of carbonyl (C=O) groups is 2. The summed E-state index contributed by atoms with van der Waals surface area (Å²) in [6.07, 6.45) is 7.68. The molecule has 0 radical (unpaired) electrons. The van der Waals surface area contributed by atoms with Crippen LogP contribution in [0, 0.1) is 0 Å². The van der Waals surface area contributed by atoms with Crippen LogP contribution in [0.2, 0.25) is 0 Å². The van der Waals surface area contributed by atoms with Gasteiger partial charge in [-0.15, -0.1) is 0 Å². The molecule has 156 valence electrons. The van der Waals surface area contributed by atoms with Crippen LogP contribution in [0.1, 0.15) is 23.2 Å². The number of allylic oxidation sites excluding steroid dienone is 2. The Labute approximate surface area is 181 Å². The highest BCUT2D eigenvalue weighted by Crippen LogP contribution is 2.26. The quantitative estimate of drug-likeness (QED) is 0.348. The van der Waals surface area contributed by atoms with Crippen LogP contribution >= 0.6 is 0 Å². The fraction of sp³-hybridized carbons (Fsp3) is 0.115. The van der Waals surface area contributed by atoms with Crippen molar-refractivity contribution in [1.29, 1.82) is 0 Å². The van der Waals surface area contributed by atoms with E-state index in [1.54, 1.807) is 43.7 Å². The molecule has 3 rings (SSSR count). The van der Waals surface area contributed by atoms with Crippen molar-refractivity contribution in [2.45, 2.75) is 13.0 Å². The number of pyridine rings is 1. The number of rotatable bonds is 10. The van der Waals surface area contributed by atoms with Gasteiger partial charge in [0.2, 0.25) is 0 Å². The van der Waals surface area contributed by atoms with Crippen molar-refractivity contribution in [3.05, 3.63) is 102 Å². The fourth-order valence-electron chi connectivity index (χ4n) is 2.79. The second-order valence-electron chi connectivity index (χ2n) is 6.70. The zero-order chi connectivity index (χ0) is 21.9. The molecule has 0 bridgehead atoms. The number of ketones is 2. The van der Waals surface area contributed by atoms with Crippen molar-refractivity contribution >= 4 is 23.7 Å². The minimum absolute atomic E-state index is 0.187. The molecule has 31 heavy (non-hydrogen) atoms. The van der Waals surface area contributed by atoms with Gasteiger partial charge in [0.05, 0.1) is 19.2 Å². The molecule has 0 fully saturated rings. The van der Waals surface area contributed by atoms with Crippen LogP contribution in [0.3, 0.4) is 0 Å². The molecule has 1 aromatic heterocycles. The van der Waals surface area contributed by atoms with Crippen LogP contribution in [0.15, 0.2) is 85.1 Å². The Morgan fingerprint density at radius 1 is 0.903 bits per heavy atom. The Morgan fingerprint density at radius 2 is 1.65 bits per heavy atom. The largest absolute Gasteiger partial charge is 0.496 e. The van der Waals surface area contributed by atoms with Crippen molar-refractivity contribution in [2.75, 3.05) is 7.11 Å². The predicted octanol–water partition coefficient (Wildman–Crippen LogP) is 4.92. The van der Waals surface area contributed by atoms with Gasteiger partial charge in [0.15, 0.2) is 11.6 Å². The molecule has 1 heterocycles. The van der Waals surface area contributed by atoms with Crippen LogP contribution in [0.25, 0.3) is 12.2 Å². The highest BCUT2D eigenvalue weighted by Gasteiger charge is 2.07. The maximum Gasteiger partial charge on any atom is 0.163 e. The number of hydrogen-bond donors (Lipinski definition) is 0. The minimum Gasteiger partial charge on any atom is -0.496 e. The monoisotopic (exact) mass is 413 g/mol. The lowest BCUT2D eigenvalue weighted by atomic mass is 10.1. The molecule has 0 unspecified atom stereocenters. The zero-order valence-electron chi connectivity index (χ0n) is 17.2. The lowest BCUT2D eigenvalue weighted by molar-refractivity contribution is -0.121. The summed E-state index contributed by atoms with van der Waals surface area (Å²) in [7, 11) is 1.55. The first-order chi connectivity index (χ1) is 15.1. The Balaban J connectivity index is 1.57. The van der Waals surface area contributed by atoms with Gasteiger partial charge in [-0.3, -0.25) is 14.6 Å². The molecule has 0 amide bonds. The highest BCUT2D eigenvalue weighted by atomic mass is 16.5. The first kappa shape index (κ1) is 21.7. The molecule has 0 saturated heterocycles. The summed E-state index contributed by atoms with van der Waals surface area (Å²) in [5, 5.41) is 0. The average Bonchev–Trinajstić information content (AvgIpc) is 2.81. The lowest BCUT2D eigenvalue weighted by Gasteiger charge is -2.09. The number of nitrogens with zero attached hydrogens (tertiary/aromatic N) is 1. The van der Waals surface area contributed by atoms with E-state index in [4.69, 9.17) is 9.47 Å². The van der Waals surface area contributed by atoms with E-state index in [9.17, 15) is 9.59 Å². The van der Waals surface area contributed by atoms with Crippen molar-refractivity contribution in [3.8, 4) is 11.5 Å². The van der Waals surface area contributed by atoms with E-state index < -0.39 is 0 Å². The van der Waals surface area contributed by atoms with Gasteiger partial charge in [0.1, 0.15) is 18.1 Å². The molecule has 0 spiro atoms. The van der Waals surface area contributed by atoms with E-state index in [1.165, 1.54) is 12.2 Å². The van der Waals surface area contributed by atoms with E-state index in [-0.39, 0.29) is 18.0 Å². The van der Waals surface area contributed by atoms with Crippen LogP contribution in [-0.4, -0.2) is 23.7 Å². The second kappa shape index (κ2) is 11.3. The van der Waals surface area contributed by atoms with Gasteiger partial charge in [-0.05, 0) is 48.1 Å². The van der Waals surface area contributed by atoms with Gasteiger partial charge in [-0.2, -0.15) is 0 Å². The summed E-state index contributed by atoms with van der Waals surface area (Å²) < 4.78 is 11.1. The Kier molecular flexibility index (Phi) is 7.89.